The minimum Gasteiger partial charge on any atom is -0.478 e. The van der Waals surface area contributed by atoms with Gasteiger partial charge in [0, 0.05) is 11.6 Å². The number of aromatic carboxylic acids is 1. The number of carboxylic acid groups (broad SMARTS) is 1. The summed E-state index contributed by atoms with van der Waals surface area (Å²) in [6.07, 6.45) is -8.77. The average Bonchev–Trinajstić information content (AvgIpc) is 3.36. The lowest BCUT2D eigenvalue weighted by molar-refractivity contribution is -0.143. The minimum absolute atomic E-state index is 0.00213. The molecule has 1 aliphatic rings. The Labute approximate surface area is 208 Å². The topological polar surface area (TPSA) is 70.8 Å². The third-order valence-corrected chi connectivity index (χ3v) is 6.24. The summed E-state index contributed by atoms with van der Waals surface area (Å²) in [5, 5.41) is 9.00. The van der Waals surface area contributed by atoms with Gasteiger partial charge in [0.1, 0.15) is 11.5 Å². The molecule has 2 heterocycles. The smallest absolute Gasteiger partial charge is 0.416 e. The van der Waals surface area contributed by atoms with Crippen LogP contribution in [-0.2, 0) is 17.1 Å². The maximum Gasteiger partial charge on any atom is 0.416 e. The number of benzene rings is 2. The first-order chi connectivity index (χ1) is 16.7. The van der Waals surface area contributed by atoms with Gasteiger partial charge in [0.05, 0.1) is 27.3 Å². The van der Waals surface area contributed by atoms with Crippen molar-refractivity contribution in [1.82, 2.24) is 0 Å². The molecule has 0 radical (unpaired) electrons. The summed E-state index contributed by atoms with van der Waals surface area (Å²) in [5.41, 5.74) is -3.09. The van der Waals surface area contributed by atoms with Gasteiger partial charge in [0.25, 0.3) is 5.91 Å². The number of anilines is 1. The predicted molar refractivity (Wildman–Crippen MR) is 123 cm³/mol. The van der Waals surface area contributed by atoms with E-state index in [0.29, 0.717) is 17.8 Å². The van der Waals surface area contributed by atoms with Gasteiger partial charge >= 0.3 is 18.3 Å². The number of hydrogen-bond donors (Lipinski definition) is 1. The molecule has 5 nitrogen and oxygen atoms in total. The van der Waals surface area contributed by atoms with Crippen LogP contribution in [0.1, 0.15) is 27.2 Å². The van der Waals surface area contributed by atoms with Crippen molar-refractivity contribution in [2.24, 2.45) is 0 Å². The number of carbonyl (C=O) groups is 2. The molecule has 1 fully saturated rings. The van der Waals surface area contributed by atoms with E-state index in [1.807, 2.05) is 0 Å². The number of amides is 1. The fourth-order valence-electron chi connectivity index (χ4n) is 3.26. The molecule has 4 rings (SSSR count). The fraction of sp³-hybridized carbons (Fsp3) is 0.0870. The monoisotopic (exact) mass is 543 g/mol. The van der Waals surface area contributed by atoms with Crippen LogP contribution in [0.3, 0.4) is 0 Å². The van der Waals surface area contributed by atoms with Crippen LogP contribution in [0.2, 0.25) is 0 Å². The van der Waals surface area contributed by atoms with Crippen molar-refractivity contribution in [3.63, 3.8) is 0 Å². The number of nitrogens with zero attached hydrogens (tertiary/aromatic N) is 1. The molecule has 3 aromatic rings. The third kappa shape index (κ3) is 5.16. The van der Waals surface area contributed by atoms with Gasteiger partial charge in [-0.1, -0.05) is 24.0 Å². The highest BCUT2D eigenvalue weighted by molar-refractivity contribution is 8.27. The van der Waals surface area contributed by atoms with Gasteiger partial charge in [0.15, 0.2) is 4.32 Å². The van der Waals surface area contributed by atoms with Crippen molar-refractivity contribution in [1.29, 1.82) is 0 Å². The molecular weight excluding hydrogens is 532 g/mol. The lowest BCUT2D eigenvalue weighted by Crippen LogP contribution is -2.27. The van der Waals surface area contributed by atoms with Crippen molar-refractivity contribution in [3.8, 4) is 11.3 Å². The second-order valence-electron chi connectivity index (χ2n) is 7.37. The number of hydrogen-bond acceptors (Lipinski definition) is 5. The van der Waals surface area contributed by atoms with E-state index >= 15 is 0 Å². The Balaban J connectivity index is 1.64. The Kier molecular flexibility index (Phi) is 6.47. The van der Waals surface area contributed by atoms with Crippen LogP contribution < -0.4 is 4.90 Å². The molecule has 1 amide bonds. The summed E-state index contributed by atoms with van der Waals surface area (Å²) in [7, 11) is 0. The quantitative estimate of drug-likeness (QED) is 0.215. The SMILES string of the molecule is O=C(O)c1ccc(N2C(=O)/C(=C\c3ccc(-c4cc(C(F)(F)F)cc(C(F)(F)F)c4)o3)SC2=S)cc1. The molecule has 186 valence electrons. The first-order valence-corrected chi connectivity index (χ1v) is 11.0. The number of thiocarbonyl (C=S) groups is 1. The number of carbonyl (C=O) groups excluding carboxylic acids is 1. The Morgan fingerprint density at radius 2 is 1.53 bits per heavy atom. The number of rotatable bonds is 4. The second kappa shape index (κ2) is 9.13. The van der Waals surface area contributed by atoms with Crippen LogP contribution >= 0.6 is 24.0 Å². The van der Waals surface area contributed by atoms with Crippen molar-refractivity contribution in [2.45, 2.75) is 12.4 Å². The largest absolute Gasteiger partial charge is 0.478 e. The lowest BCUT2D eigenvalue weighted by Gasteiger charge is -2.14. The molecule has 2 aromatic carbocycles. The summed E-state index contributed by atoms with van der Waals surface area (Å²) in [4.78, 5) is 25.1. The van der Waals surface area contributed by atoms with Crippen LogP contribution in [0.4, 0.5) is 32.0 Å². The van der Waals surface area contributed by atoms with E-state index in [1.54, 1.807) is 0 Å². The number of thioether (sulfide) groups is 1. The van der Waals surface area contributed by atoms with Gasteiger partial charge < -0.3 is 9.52 Å². The molecule has 1 saturated heterocycles. The van der Waals surface area contributed by atoms with E-state index in [4.69, 9.17) is 21.7 Å². The summed E-state index contributed by atoms with van der Waals surface area (Å²) in [6.45, 7) is 0. The highest BCUT2D eigenvalue weighted by atomic mass is 32.2. The zero-order valence-corrected chi connectivity index (χ0v) is 19.1. The van der Waals surface area contributed by atoms with Gasteiger partial charge in [-0.05, 0) is 54.6 Å². The molecule has 0 atom stereocenters. The number of alkyl halides is 6. The van der Waals surface area contributed by atoms with Crippen LogP contribution in [0.15, 0.2) is 63.9 Å². The van der Waals surface area contributed by atoms with Gasteiger partial charge in [-0.3, -0.25) is 9.69 Å². The fourth-order valence-corrected chi connectivity index (χ4v) is 4.53. The zero-order valence-electron chi connectivity index (χ0n) is 17.5. The normalized spacial score (nSPS) is 15.7. The van der Waals surface area contributed by atoms with Gasteiger partial charge in [-0.25, -0.2) is 4.79 Å². The number of carboxylic acids is 1. The summed E-state index contributed by atoms with van der Waals surface area (Å²) in [5.74, 6) is -1.98. The van der Waals surface area contributed by atoms with E-state index in [1.165, 1.54) is 42.5 Å². The van der Waals surface area contributed by atoms with Crippen LogP contribution in [0.25, 0.3) is 17.4 Å². The molecule has 1 N–H and O–H groups in total. The van der Waals surface area contributed by atoms with Crippen LogP contribution in [0, 0.1) is 0 Å². The molecule has 0 saturated carbocycles. The molecular formula is C23H11F6NO4S2. The Bertz CT molecular complexity index is 1370. The molecule has 0 aliphatic carbocycles. The van der Waals surface area contributed by atoms with E-state index in [2.05, 4.69) is 0 Å². The van der Waals surface area contributed by atoms with Crippen molar-refractivity contribution in [3.05, 3.63) is 82.0 Å². The number of furan rings is 1. The van der Waals surface area contributed by atoms with Crippen molar-refractivity contribution >= 4 is 51.9 Å². The summed E-state index contributed by atoms with van der Waals surface area (Å²) >= 11 is 6.12. The zero-order chi connectivity index (χ0) is 26.4. The molecule has 1 aromatic heterocycles. The Morgan fingerprint density at radius 3 is 2.06 bits per heavy atom. The van der Waals surface area contributed by atoms with Crippen molar-refractivity contribution in [2.75, 3.05) is 4.90 Å². The van der Waals surface area contributed by atoms with E-state index in [0.717, 1.165) is 16.7 Å². The third-order valence-electron chi connectivity index (χ3n) is 4.94. The van der Waals surface area contributed by atoms with Crippen LogP contribution in [-0.4, -0.2) is 21.3 Å². The van der Waals surface area contributed by atoms with Gasteiger partial charge in [0.2, 0.25) is 0 Å². The summed E-state index contributed by atoms with van der Waals surface area (Å²) < 4.78 is 84.5. The lowest BCUT2D eigenvalue weighted by atomic mass is 10.0. The second-order valence-corrected chi connectivity index (χ2v) is 9.04. The first-order valence-electron chi connectivity index (χ1n) is 9.75. The summed E-state index contributed by atoms with van der Waals surface area (Å²) in [6, 6.07) is 8.95. The molecule has 13 heteroatoms. The Morgan fingerprint density at radius 1 is 0.944 bits per heavy atom. The van der Waals surface area contributed by atoms with Gasteiger partial charge in [-0.2, -0.15) is 26.3 Å². The highest BCUT2D eigenvalue weighted by Crippen LogP contribution is 2.40. The van der Waals surface area contributed by atoms with Gasteiger partial charge in [-0.15, -0.1) is 0 Å². The first kappa shape index (κ1) is 25.5. The standard InChI is InChI=1S/C23H11F6NO4S2/c24-22(25,26)13-7-12(8-14(9-13)23(27,28)29)17-6-5-16(34-17)10-18-19(31)30(21(35)36-18)15-3-1-11(2-4-15)20(32)33/h1-10H,(H,32,33)/b18-10+. The molecule has 0 unspecified atom stereocenters. The van der Waals surface area contributed by atoms with E-state index in [9.17, 15) is 35.9 Å². The molecule has 1 aliphatic heterocycles. The number of halogens is 6. The van der Waals surface area contributed by atoms with Crippen molar-refractivity contribution < 1.29 is 45.5 Å². The Hall–Kier alpha value is -3.58. The average molecular weight is 543 g/mol. The molecule has 0 spiro atoms. The minimum atomic E-state index is -5.01. The molecule has 36 heavy (non-hydrogen) atoms. The predicted octanol–water partition coefficient (Wildman–Crippen LogP) is 7.09. The highest BCUT2D eigenvalue weighted by Gasteiger charge is 2.37. The maximum atomic E-state index is 13.2. The van der Waals surface area contributed by atoms with E-state index < -0.39 is 40.9 Å². The van der Waals surface area contributed by atoms with Crippen LogP contribution in [0.5, 0.6) is 0 Å². The molecule has 0 bridgehead atoms. The maximum absolute atomic E-state index is 13.2. The van der Waals surface area contributed by atoms with E-state index in [-0.39, 0.29) is 32.4 Å².